The second-order valence-electron chi connectivity index (χ2n) is 4.07. The molecule has 1 amide bonds. The summed E-state index contributed by atoms with van der Waals surface area (Å²) in [7, 11) is 1.49. The number of carboxylic acids is 1. The maximum absolute atomic E-state index is 11.6. The monoisotopic (exact) mass is 313 g/mol. The highest BCUT2D eigenvalue weighted by molar-refractivity contribution is 6.31. The highest BCUT2D eigenvalue weighted by Gasteiger charge is 2.21. The van der Waals surface area contributed by atoms with Gasteiger partial charge in [0.1, 0.15) is 12.4 Å². The third-order valence-corrected chi connectivity index (χ3v) is 2.91. The van der Waals surface area contributed by atoms with Crippen molar-refractivity contribution in [3.63, 3.8) is 0 Å². The molecule has 1 aromatic rings. The summed E-state index contributed by atoms with van der Waals surface area (Å²) in [6, 6.07) is 3.97. The van der Waals surface area contributed by atoms with Crippen LogP contribution in [0, 0.1) is 0 Å². The third-order valence-electron chi connectivity index (χ3n) is 2.59. The Bertz CT molecular complexity index is 532. The predicted molar refractivity (Wildman–Crippen MR) is 77.7 cm³/mol. The Labute approximate surface area is 127 Å². The van der Waals surface area contributed by atoms with Crippen LogP contribution in [0.25, 0.3) is 0 Å². The molecular formula is C14H16ClNO5. The molecule has 0 aliphatic carbocycles. The van der Waals surface area contributed by atoms with Gasteiger partial charge in [-0.2, -0.15) is 0 Å². The Hall–Kier alpha value is -2.21. The molecule has 21 heavy (non-hydrogen) atoms. The molecule has 0 fully saturated rings. The van der Waals surface area contributed by atoms with Crippen molar-refractivity contribution in [3.8, 4) is 5.75 Å². The number of amides is 1. The minimum atomic E-state index is -1.07. The normalized spacial score (nSPS) is 11.3. The van der Waals surface area contributed by atoms with E-state index in [1.54, 1.807) is 18.2 Å². The molecule has 1 rings (SSSR count). The first-order valence-electron chi connectivity index (χ1n) is 6.07. The second-order valence-corrected chi connectivity index (χ2v) is 4.48. The minimum absolute atomic E-state index is 0.0297. The zero-order chi connectivity index (χ0) is 15.8. The number of methoxy groups -OCH3 is 1. The first kappa shape index (κ1) is 16.8. The predicted octanol–water partition coefficient (Wildman–Crippen LogP) is 2.78. The van der Waals surface area contributed by atoms with Crippen molar-refractivity contribution in [2.45, 2.75) is 12.5 Å². The van der Waals surface area contributed by atoms with Crippen LogP contribution in [-0.2, 0) is 9.53 Å². The molecule has 0 aliphatic rings. The van der Waals surface area contributed by atoms with E-state index in [9.17, 15) is 9.59 Å². The molecule has 6 nitrogen and oxygen atoms in total. The van der Waals surface area contributed by atoms with Gasteiger partial charge < -0.3 is 19.9 Å². The fourth-order valence-electron chi connectivity index (χ4n) is 1.65. The van der Waals surface area contributed by atoms with Gasteiger partial charge in [-0.25, -0.2) is 4.79 Å². The van der Waals surface area contributed by atoms with Gasteiger partial charge in [-0.3, -0.25) is 4.79 Å². The number of halogens is 1. The van der Waals surface area contributed by atoms with Crippen LogP contribution in [-0.4, -0.2) is 30.9 Å². The molecule has 1 aromatic carbocycles. The Morgan fingerprint density at radius 1 is 1.52 bits per heavy atom. The van der Waals surface area contributed by atoms with Gasteiger partial charge in [0.25, 0.3) is 0 Å². The Morgan fingerprint density at radius 2 is 2.24 bits per heavy atom. The van der Waals surface area contributed by atoms with Gasteiger partial charge in [0, 0.05) is 5.02 Å². The Balaban J connectivity index is 2.93. The lowest BCUT2D eigenvalue weighted by atomic mass is 10.0. The van der Waals surface area contributed by atoms with Crippen molar-refractivity contribution in [3.05, 3.63) is 41.4 Å². The average molecular weight is 314 g/mol. The number of carboxylic acid groups (broad SMARTS) is 1. The summed E-state index contributed by atoms with van der Waals surface area (Å²) >= 11 is 6.09. The van der Waals surface area contributed by atoms with Crippen molar-refractivity contribution >= 4 is 23.7 Å². The first-order valence-corrected chi connectivity index (χ1v) is 6.45. The van der Waals surface area contributed by atoms with E-state index in [2.05, 4.69) is 11.9 Å². The molecule has 0 aromatic heterocycles. The standard InChI is InChI=1S/C14H16ClNO5/c1-3-6-21-14(19)16-12(8-13(17)18)10-5-4-9(20-2)7-11(10)15/h3-5,7,12H,1,6,8H2,2H3,(H,16,19)(H,17,18). The fourth-order valence-corrected chi connectivity index (χ4v) is 1.95. The summed E-state index contributed by atoms with van der Waals surface area (Å²) < 4.78 is 9.80. The molecule has 0 bridgehead atoms. The Kier molecular flexibility index (Phi) is 6.55. The van der Waals surface area contributed by atoms with Gasteiger partial charge in [0.2, 0.25) is 0 Å². The maximum atomic E-state index is 11.6. The summed E-state index contributed by atoms with van der Waals surface area (Å²) in [5.74, 6) is -0.539. The number of alkyl carbamates (subject to hydrolysis) is 1. The smallest absolute Gasteiger partial charge is 0.407 e. The van der Waals surface area contributed by atoms with E-state index in [4.69, 9.17) is 26.2 Å². The molecule has 1 unspecified atom stereocenters. The number of aliphatic carboxylic acids is 1. The van der Waals surface area contributed by atoms with E-state index in [1.807, 2.05) is 0 Å². The molecule has 0 heterocycles. The Morgan fingerprint density at radius 3 is 2.76 bits per heavy atom. The lowest BCUT2D eigenvalue weighted by Crippen LogP contribution is -2.31. The number of hydrogen-bond donors (Lipinski definition) is 2. The molecule has 0 saturated carbocycles. The van der Waals surface area contributed by atoms with Crippen molar-refractivity contribution in [2.75, 3.05) is 13.7 Å². The van der Waals surface area contributed by atoms with Crippen LogP contribution in [0.2, 0.25) is 5.02 Å². The highest BCUT2D eigenvalue weighted by atomic mass is 35.5. The molecule has 114 valence electrons. The molecule has 0 radical (unpaired) electrons. The van der Waals surface area contributed by atoms with Gasteiger partial charge in [0.15, 0.2) is 0 Å². The number of carbonyl (C=O) groups excluding carboxylic acids is 1. The van der Waals surface area contributed by atoms with Crippen molar-refractivity contribution in [1.29, 1.82) is 0 Å². The van der Waals surface area contributed by atoms with Crippen molar-refractivity contribution in [2.24, 2.45) is 0 Å². The van der Waals surface area contributed by atoms with Crippen molar-refractivity contribution < 1.29 is 24.2 Å². The van der Waals surface area contributed by atoms with E-state index in [1.165, 1.54) is 13.2 Å². The summed E-state index contributed by atoms with van der Waals surface area (Å²) in [5.41, 5.74) is 0.468. The number of nitrogens with one attached hydrogen (secondary N) is 1. The van der Waals surface area contributed by atoms with E-state index >= 15 is 0 Å². The molecule has 2 N–H and O–H groups in total. The number of rotatable bonds is 7. The summed E-state index contributed by atoms with van der Waals surface area (Å²) in [5, 5.41) is 11.7. The lowest BCUT2D eigenvalue weighted by molar-refractivity contribution is -0.137. The van der Waals surface area contributed by atoms with Crippen LogP contribution in [0.1, 0.15) is 18.0 Å². The van der Waals surface area contributed by atoms with E-state index in [0.717, 1.165) is 0 Å². The zero-order valence-corrected chi connectivity index (χ0v) is 12.2. The van der Waals surface area contributed by atoms with E-state index in [-0.39, 0.29) is 13.0 Å². The summed E-state index contributed by atoms with van der Waals surface area (Å²) in [6.07, 6.45) is 0.342. The van der Waals surface area contributed by atoms with Gasteiger partial charge in [-0.1, -0.05) is 30.3 Å². The molecule has 0 saturated heterocycles. The van der Waals surface area contributed by atoms with E-state index < -0.39 is 18.1 Å². The van der Waals surface area contributed by atoms with Crippen LogP contribution in [0.4, 0.5) is 4.79 Å². The molecule has 0 aliphatic heterocycles. The highest BCUT2D eigenvalue weighted by Crippen LogP contribution is 2.29. The SMILES string of the molecule is C=CCOC(=O)NC(CC(=O)O)c1ccc(OC)cc1Cl. The quantitative estimate of drug-likeness (QED) is 0.756. The van der Waals surface area contributed by atoms with Gasteiger partial charge in [-0.05, 0) is 17.7 Å². The average Bonchev–Trinajstić information content (AvgIpc) is 2.43. The molecule has 0 spiro atoms. The van der Waals surface area contributed by atoms with Crippen LogP contribution < -0.4 is 10.1 Å². The number of carbonyl (C=O) groups is 2. The molecule has 1 atom stereocenters. The third kappa shape index (κ3) is 5.35. The number of ether oxygens (including phenoxy) is 2. The van der Waals surface area contributed by atoms with Crippen molar-refractivity contribution in [1.82, 2.24) is 5.32 Å². The van der Waals surface area contributed by atoms with Gasteiger partial charge in [-0.15, -0.1) is 0 Å². The molecule has 7 heteroatoms. The number of benzene rings is 1. The molecular weight excluding hydrogens is 298 g/mol. The van der Waals surface area contributed by atoms with Crippen LogP contribution in [0.5, 0.6) is 5.75 Å². The van der Waals surface area contributed by atoms with Crippen LogP contribution >= 0.6 is 11.6 Å². The van der Waals surface area contributed by atoms with Crippen LogP contribution in [0.3, 0.4) is 0 Å². The first-order chi connectivity index (χ1) is 9.97. The van der Waals surface area contributed by atoms with Crippen LogP contribution in [0.15, 0.2) is 30.9 Å². The zero-order valence-electron chi connectivity index (χ0n) is 11.5. The van der Waals surface area contributed by atoms with E-state index in [0.29, 0.717) is 16.3 Å². The maximum Gasteiger partial charge on any atom is 0.407 e. The fraction of sp³-hybridized carbons (Fsp3) is 0.286. The largest absolute Gasteiger partial charge is 0.497 e. The van der Waals surface area contributed by atoms with Gasteiger partial charge in [0.05, 0.1) is 19.6 Å². The lowest BCUT2D eigenvalue weighted by Gasteiger charge is -2.18. The number of hydrogen-bond acceptors (Lipinski definition) is 4. The topological polar surface area (TPSA) is 84.9 Å². The minimum Gasteiger partial charge on any atom is -0.497 e. The summed E-state index contributed by atoms with van der Waals surface area (Å²) in [4.78, 5) is 22.5. The summed E-state index contributed by atoms with van der Waals surface area (Å²) in [6.45, 7) is 3.45. The van der Waals surface area contributed by atoms with Gasteiger partial charge >= 0.3 is 12.1 Å². The second kappa shape index (κ2) is 8.16.